The van der Waals surface area contributed by atoms with Crippen LogP contribution in [0.2, 0.25) is 0 Å². The lowest BCUT2D eigenvalue weighted by Gasteiger charge is -2.12. The minimum atomic E-state index is 0.764. The van der Waals surface area contributed by atoms with Gasteiger partial charge in [-0.25, -0.2) is 4.98 Å². The maximum absolute atomic E-state index is 4.35. The molecule has 1 rings (SSSR count). The normalized spacial score (nSPS) is 11.1. The highest BCUT2D eigenvalue weighted by molar-refractivity contribution is 4.89. The van der Waals surface area contributed by atoms with E-state index >= 15 is 0 Å². The molecule has 0 aliphatic heterocycles. The Kier molecular flexibility index (Phi) is 4.63. The van der Waals surface area contributed by atoms with Crippen molar-refractivity contribution in [2.45, 2.75) is 52.9 Å². The summed E-state index contributed by atoms with van der Waals surface area (Å²) in [7, 11) is 0. The van der Waals surface area contributed by atoms with E-state index < -0.39 is 0 Å². The molecule has 0 aliphatic rings. The van der Waals surface area contributed by atoms with Crippen molar-refractivity contribution in [3.63, 3.8) is 0 Å². The summed E-state index contributed by atoms with van der Waals surface area (Å²) >= 11 is 0. The van der Waals surface area contributed by atoms with Gasteiger partial charge in [-0.2, -0.15) is 5.10 Å². The summed E-state index contributed by atoms with van der Waals surface area (Å²) in [6.45, 7) is 6.43. The molecule has 80 valence electrons. The summed E-state index contributed by atoms with van der Waals surface area (Å²) in [5.74, 6) is 2.67. The van der Waals surface area contributed by atoms with Crippen molar-refractivity contribution in [3.05, 3.63) is 11.6 Å². The van der Waals surface area contributed by atoms with E-state index in [9.17, 15) is 0 Å². The van der Waals surface area contributed by atoms with Gasteiger partial charge in [-0.15, -0.1) is 0 Å². The number of hydrogen-bond acceptors (Lipinski definition) is 2. The molecule has 0 saturated heterocycles. The molecule has 0 radical (unpaired) electrons. The lowest BCUT2D eigenvalue weighted by molar-refractivity contribution is 0.430. The number of aromatic amines is 1. The number of nitrogens with zero attached hydrogens (tertiary/aromatic N) is 2. The fourth-order valence-corrected chi connectivity index (χ4v) is 1.90. The molecule has 14 heavy (non-hydrogen) atoms. The summed E-state index contributed by atoms with van der Waals surface area (Å²) < 4.78 is 0. The van der Waals surface area contributed by atoms with Gasteiger partial charge in [0, 0.05) is 6.42 Å². The summed E-state index contributed by atoms with van der Waals surface area (Å²) in [6.07, 6.45) is 6.14. The molecule has 0 spiro atoms. The van der Waals surface area contributed by atoms with Crippen molar-refractivity contribution in [2.75, 3.05) is 0 Å². The summed E-state index contributed by atoms with van der Waals surface area (Å²) in [5.41, 5.74) is 0. The molecule has 1 N–H and O–H groups in total. The van der Waals surface area contributed by atoms with Crippen LogP contribution in [-0.2, 0) is 6.42 Å². The molecule has 0 saturated carbocycles. The Labute approximate surface area is 86.3 Å². The molecule has 1 aromatic rings. The van der Waals surface area contributed by atoms with Gasteiger partial charge in [0.1, 0.15) is 5.82 Å². The third-order valence-electron chi connectivity index (χ3n) is 2.51. The fourth-order valence-electron chi connectivity index (χ4n) is 1.90. The van der Waals surface area contributed by atoms with Gasteiger partial charge in [0.25, 0.3) is 0 Å². The van der Waals surface area contributed by atoms with Crippen LogP contribution in [0, 0.1) is 12.8 Å². The van der Waals surface area contributed by atoms with Crippen LogP contribution in [-0.4, -0.2) is 15.2 Å². The number of rotatable bonds is 6. The van der Waals surface area contributed by atoms with Crippen LogP contribution in [0.5, 0.6) is 0 Å². The van der Waals surface area contributed by atoms with Gasteiger partial charge in [0.15, 0.2) is 5.82 Å². The quantitative estimate of drug-likeness (QED) is 0.758. The van der Waals surface area contributed by atoms with E-state index in [-0.39, 0.29) is 0 Å². The lowest BCUT2D eigenvalue weighted by atomic mass is 9.95. The monoisotopic (exact) mass is 195 g/mol. The fraction of sp³-hybridized carbons (Fsp3) is 0.818. The van der Waals surface area contributed by atoms with E-state index in [0.29, 0.717) is 0 Å². The number of H-pyrrole nitrogens is 1. The van der Waals surface area contributed by atoms with Crippen LogP contribution in [0.25, 0.3) is 0 Å². The van der Waals surface area contributed by atoms with E-state index in [1.165, 1.54) is 25.7 Å². The zero-order valence-corrected chi connectivity index (χ0v) is 9.51. The van der Waals surface area contributed by atoms with Gasteiger partial charge in [0.05, 0.1) is 0 Å². The Morgan fingerprint density at radius 3 is 2.29 bits per heavy atom. The van der Waals surface area contributed by atoms with Crippen molar-refractivity contribution < 1.29 is 0 Å². The SMILES string of the molecule is CCCC(CCC)Cc1n[nH]c(C)n1. The number of nitrogens with one attached hydrogen (secondary N) is 1. The third kappa shape index (κ3) is 3.48. The Balaban J connectivity index is 2.46. The van der Waals surface area contributed by atoms with Crippen molar-refractivity contribution >= 4 is 0 Å². The first-order chi connectivity index (χ1) is 6.76. The summed E-state index contributed by atoms with van der Waals surface area (Å²) in [4.78, 5) is 4.35. The number of aromatic nitrogens is 3. The zero-order chi connectivity index (χ0) is 10.4. The molecule has 0 atom stereocenters. The van der Waals surface area contributed by atoms with Crippen molar-refractivity contribution in [2.24, 2.45) is 5.92 Å². The molecule has 3 nitrogen and oxygen atoms in total. The average molecular weight is 195 g/mol. The van der Waals surface area contributed by atoms with Crippen LogP contribution in [0.1, 0.15) is 51.2 Å². The molecular formula is C11H21N3. The molecule has 0 aliphatic carbocycles. The van der Waals surface area contributed by atoms with E-state index in [2.05, 4.69) is 29.0 Å². The first-order valence-electron chi connectivity index (χ1n) is 5.64. The Morgan fingerprint density at radius 1 is 1.21 bits per heavy atom. The topological polar surface area (TPSA) is 41.6 Å². The highest BCUT2D eigenvalue weighted by Crippen LogP contribution is 2.17. The zero-order valence-electron chi connectivity index (χ0n) is 9.51. The molecule has 3 heteroatoms. The first-order valence-corrected chi connectivity index (χ1v) is 5.64. The largest absolute Gasteiger partial charge is 0.263 e. The molecule has 0 aromatic carbocycles. The van der Waals surface area contributed by atoms with Gasteiger partial charge in [-0.05, 0) is 12.8 Å². The molecule has 0 fully saturated rings. The van der Waals surface area contributed by atoms with Gasteiger partial charge in [-0.3, -0.25) is 5.10 Å². The van der Waals surface area contributed by atoms with E-state index in [1.807, 2.05) is 6.92 Å². The average Bonchev–Trinajstić information content (AvgIpc) is 2.52. The molecule has 0 amide bonds. The smallest absolute Gasteiger partial charge is 0.150 e. The van der Waals surface area contributed by atoms with Crippen molar-refractivity contribution in [1.29, 1.82) is 0 Å². The highest BCUT2D eigenvalue weighted by Gasteiger charge is 2.10. The Bertz CT molecular complexity index is 249. The third-order valence-corrected chi connectivity index (χ3v) is 2.51. The molecule has 0 unspecified atom stereocenters. The van der Waals surface area contributed by atoms with E-state index in [1.54, 1.807) is 0 Å². The van der Waals surface area contributed by atoms with E-state index in [4.69, 9.17) is 0 Å². The summed E-state index contributed by atoms with van der Waals surface area (Å²) in [5, 5.41) is 7.08. The first kappa shape index (κ1) is 11.2. The Morgan fingerprint density at radius 2 is 1.86 bits per heavy atom. The second-order valence-electron chi connectivity index (χ2n) is 3.98. The van der Waals surface area contributed by atoms with Crippen LogP contribution in [0.3, 0.4) is 0 Å². The Hall–Kier alpha value is -0.860. The maximum atomic E-state index is 4.35. The van der Waals surface area contributed by atoms with Crippen LogP contribution < -0.4 is 0 Å². The van der Waals surface area contributed by atoms with Gasteiger partial charge in [-0.1, -0.05) is 39.5 Å². The van der Waals surface area contributed by atoms with Crippen LogP contribution >= 0.6 is 0 Å². The molecule has 0 bridgehead atoms. The standard InChI is InChI=1S/C11H21N3/c1-4-6-10(7-5-2)8-11-12-9(3)13-14-11/h10H,4-8H2,1-3H3,(H,12,13,14). The molecular weight excluding hydrogens is 174 g/mol. The van der Waals surface area contributed by atoms with Crippen LogP contribution in [0.4, 0.5) is 0 Å². The predicted octanol–water partition coefficient (Wildman–Crippen LogP) is 2.87. The lowest BCUT2D eigenvalue weighted by Crippen LogP contribution is -2.05. The van der Waals surface area contributed by atoms with Gasteiger partial charge < -0.3 is 0 Å². The summed E-state index contributed by atoms with van der Waals surface area (Å²) in [6, 6.07) is 0. The van der Waals surface area contributed by atoms with E-state index in [0.717, 1.165) is 24.0 Å². The predicted molar refractivity (Wildman–Crippen MR) is 58.1 cm³/mol. The van der Waals surface area contributed by atoms with Gasteiger partial charge >= 0.3 is 0 Å². The molecule has 1 heterocycles. The van der Waals surface area contributed by atoms with Crippen molar-refractivity contribution in [1.82, 2.24) is 15.2 Å². The second-order valence-corrected chi connectivity index (χ2v) is 3.98. The maximum Gasteiger partial charge on any atom is 0.150 e. The minimum absolute atomic E-state index is 0.764. The van der Waals surface area contributed by atoms with Crippen molar-refractivity contribution in [3.8, 4) is 0 Å². The van der Waals surface area contributed by atoms with Crippen LogP contribution in [0.15, 0.2) is 0 Å². The van der Waals surface area contributed by atoms with Gasteiger partial charge in [0.2, 0.25) is 0 Å². The molecule has 1 aromatic heterocycles. The second kappa shape index (κ2) is 5.78. The highest BCUT2D eigenvalue weighted by atomic mass is 15.2. The number of aryl methyl sites for hydroxylation is 1. The number of hydrogen-bond donors (Lipinski definition) is 1. The minimum Gasteiger partial charge on any atom is -0.263 e.